The Morgan fingerprint density at radius 2 is 1.85 bits per heavy atom. The van der Waals surface area contributed by atoms with Gasteiger partial charge in [-0.3, -0.25) is 9.59 Å². The largest absolute Gasteiger partial charge is 0.448 e. The van der Waals surface area contributed by atoms with E-state index in [1.54, 1.807) is 25.3 Å². The summed E-state index contributed by atoms with van der Waals surface area (Å²) >= 11 is 0. The van der Waals surface area contributed by atoms with E-state index in [0.29, 0.717) is 30.3 Å². The molecule has 1 aliphatic heterocycles. The van der Waals surface area contributed by atoms with Crippen molar-refractivity contribution in [3.63, 3.8) is 0 Å². The van der Waals surface area contributed by atoms with Gasteiger partial charge in [-0.15, -0.1) is 0 Å². The van der Waals surface area contributed by atoms with Gasteiger partial charge in [0.2, 0.25) is 0 Å². The van der Waals surface area contributed by atoms with Crippen molar-refractivity contribution in [2.45, 2.75) is 50.7 Å². The molecule has 7 heteroatoms. The van der Waals surface area contributed by atoms with E-state index < -0.39 is 17.6 Å². The lowest BCUT2D eigenvalue weighted by Gasteiger charge is -2.31. The lowest BCUT2D eigenvalue weighted by atomic mass is 9.94. The van der Waals surface area contributed by atoms with E-state index in [0.717, 1.165) is 38.5 Å². The molecule has 1 saturated carbocycles. The van der Waals surface area contributed by atoms with Crippen molar-refractivity contribution in [2.75, 3.05) is 25.6 Å². The van der Waals surface area contributed by atoms with Crippen molar-refractivity contribution in [2.24, 2.45) is 0 Å². The highest BCUT2D eigenvalue weighted by molar-refractivity contribution is 6.39. The molecular weight excluding hydrogens is 336 g/mol. The van der Waals surface area contributed by atoms with Gasteiger partial charge in [-0.2, -0.15) is 0 Å². The van der Waals surface area contributed by atoms with Crippen LogP contribution < -0.4 is 20.1 Å². The molecule has 0 aromatic heterocycles. The van der Waals surface area contributed by atoms with Crippen LogP contribution in [0.15, 0.2) is 18.2 Å². The zero-order valence-corrected chi connectivity index (χ0v) is 15.1. The number of amides is 2. The van der Waals surface area contributed by atoms with Crippen molar-refractivity contribution in [1.82, 2.24) is 5.32 Å². The molecule has 1 aromatic rings. The van der Waals surface area contributed by atoms with Crippen LogP contribution in [0.1, 0.15) is 44.9 Å². The maximum Gasteiger partial charge on any atom is 0.313 e. The van der Waals surface area contributed by atoms with Gasteiger partial charge in [-0.05, 0) is 37.8 Å². The summed E-state index contributed by atoms with van der Waals surface area (Å²) in [7, 11) is 1.63. The number of benzene rings is 1. The first-order valence-corrected chi connectivity index (χ1v) is 9.22. The Balaban J connectivity index is 1.51. The summed E-state index contributed by atoms with van der Waals surface area (Å²) in [5.74, 6) is -0.591. The fourth-order valence-electron chi connectivity index (χ4n) is 3.31. The van der Waals surface area contributed by atoms with E-state index in [-0.39, 0.29) is 0 Å². The second-order valence-electron chi connectivity index (χ2n) is 6.75. The number of nitrogens with one attached hydrogen (secondary N) is 2. The number of hydrogen-bond acceptors (Lipinski definition) is 5. The van der Waals surface area contributed by atoms with E-state index in [4.69, 9.17) is 14.2 Å². The number of carbonyl (C=O) groups is 2. The van der Waals surface area contributed by atoms with Gasteiger partial charge in [0.1, 0.15) is 0 Å². The summed E-state index contributed by atoms with van der Waals surface area (Å²) in [6.07, 6.45) is 6.71. The summed E-state index contributed by atoms with van der Waals surface area (Å²) < 4.78 is 17.0. The minimum atomic E-state index is -0.692. The smallest absolute Gasteiger partial charge is 0.313 e. The van der Waals surface area contributed by atoms with Crippen molar-refractivity contribution >= 4 is 17.5 Å². The lowest BCUT2D eigenvalue weighted by Crippen LogP contribution is -2.40. The Hall–Kier alpha value is -2.28. The highest BCUT2D eigenvalue weighted by atomic mass is 16.7. The van der Waals surface area contributed by atoms with Crippen LogP contribution in [-0.2, 0) is 14.3 Å². The summed E-state index contributed by atoms with van der Waals surface area (Å²) in [6.45, 7) is 1.08. The number of anilines is 1. The molecule has 1 spiro atoms. The molecular formula is C19H26N2O5. The Kier molecular flexibility index (Phi) is 5.98. The van der Waals surface area contributed by atoms with E-state index in [1.165, 1.54) is 6.42 Å². The SMILES string of the molecule is COCCCCNC(=O)C(=O)Nc1ccc2c(c1)OC1(CCCCC1)O2. The van der Waals surface area contributed by atoms with Crippen molar-refractivity contribution in [3.05, 3.63) is 18.2 Å². The quantitative estimate of drug-likeness (QED) is 0.600. The Labute approximate surface area is 153 Å². The maximum absolute atomic E-state index is 12.0. The summed E-state index contributed by atoms with van der Waals surface area (Å²) in [4.78, 5) is 23.9. The highest BCUT2D eigenvalue weighted by Crippen LogP contribution is 2.46. The second-order valence-corrected chi connectivity index (χ2v) is 6.75. The predicted octanol–water partition coefficient (Wildman–Crippen LogP) is 2.60. The van der Waals surface area contributed by atoms with E-state index in [9.17, 15) is 9.59 Å². The third-order valence-electron chi connectivity index (χ3n) is 4.68. The molecule has 1 heterocycles. The Morgan fingerprint density at radius 1 is 1.08 bits per heavy atom. The van der Waals surface area contributed by atoms with Crippen LogP contribution >= 0.6 is 0 Å². The third-order valence-corrected chi connectivity index (χ3v) is 4.68. The summed E-state index contributed by atoms with van der Waals surface area (Å²) in [5, 5.41) is 5.20. The minimum absolute atomic E-state index is 0.444. The average molecular weight is 362 g/mol. The number of rotatable bonds is 6. The molecule has 3 rings (SSSR count). The molecule has 1 fully saturated rings. The zero-order valence-electron chi connectivity index (χ0n) is 15.1. The molecule has 7 nitrogen and oxygen atoms in total. The fraction of sp³-hybridized carbons (Fsp3) is 0.579. The van der Waals surface area contributed by atoms with Crippen molar-refractivity contribution in [3.8, 4) is 11.5 Å². The molecule has 0 unspecified atom stereocenters. The number of methoxy groups -OCH3 is 1. The Morgan fingerprint density at radius 3 is 2.62 bits per heavy atom. The minimum Gasteiger partial charge on any atom is -0.448 e. The van der Waals surface area contributed by atoms with E-state index >= 15 is 0 Å². The second kappa shape index (κ2) is 8.40. The third kappa shape index (κ3) is 4.46. The number of hydrogen-bond donors (Lipinski definition) is 2. The normalized spacial score (nSPS) is 17.1. The Bertz CT molecular complexity index is 655. The van der Waals surface area contributed by atoms with Crippen LogP contribution in [0.3, 0.4) is 0 Å². The van der Waals surface area contributed by atoms with Crippen LogP contribution in [0.25, 0.3) is 0 Å². The standard InChI is InChI=1S/C19H26N2O5/c1-24-12-6-5-11-20-17(22)18(23)21-14-7-8-15-16(13-14)26-19(25-15)9-3-2-4-10-19/h7-8,13H,2-6,9-12H2,1H3,(H,20,22)(H,21,23). The number of carbonyl (C=O) groups excluding carboxylic acids is 2. The van der Waals surface area contributed by atoms with Gasteiger partial charge in [-0.25, -0.2) is 0 Å². The monoisotopic (exact) mass is 362 g/mol. The van der Waals surface area contributed by atoms with E-state index in [1.807, 2.05) is 0 Å². The van der Waals surface area contributed by atoms with Gasteiger partial charge in [0.15, 0.2) is 11.5 Å². The number of ether oxygens (including phenoxy) is 3. The van der Waals surface area contributed by atoms with Gasteiger partial charge in [0, 0.05) is 44.9 Å². The van der Waals surface area contributed by atoms with Gasteiger partial charge in [0.05, 0.1) is 0 Å². The molecule has 0 atom stereocenters. The predicted molar refractivity (Wildman–Crippen MR) is 96.3 cm³/mol. The average Bonchev–Trinajstić information content (AvgIpc) is 2.98. The first kappa shape index (κ1) is 18.5. The van der Waals surface area contributed by atoms with Crippen LogP contribution in [0.2, 0.25) is 0 Å². The fourth-order valence-corrected chi connectivity index (χ4v) is 3.31. The molecule has 0 saturated heterocycles. The van der Waals surface area contributed by atoms with Gasteiger partial charge in [-0.1, -0.05) is 6.42 Å². The van der Waals surface area contributed by atoms with E-state index in [2.05, 4.69) is 10.6 Å². The van der Waals surface area contributed by atoms with Crippen molar-refractivity contribution < 1.29 is 23.8 Å². The maximum atomic E-state index is 12.0. The van der Waals surface area contributed by atoms with Crippen LogP contribution in [0.5, 0.6) is 11.5 Å². The summed E-state index contributed by atoms with van der Waals surface area (Å²) in [6, 6.07) is 5.20. The number of unbranched alkanes of at least 4 members (excludes halogenated alkanes) is 1. The topological polar surface area (TPSA) is 85.9 Å². The van der Waals surface area contributed by atoms with Gasteiger partial charge >= 0.3 is 11.8 Å². The van der Waals surface area contributed by atoms with Gasteiger partial charge < -0.3 is 24.8 Å². The molecule has 2 amide bonds. The van der Waals surface area contributed by atoms with Gasteiger partial charge in [0.25, 0.3) is 5.79 Å². The van der Waals surface area contributed by atoms with Crippen molar-refractivity contribution in [1.29, 1.82) is 0 Å². The van der Waals surface area contributed by atoms with Crippen LogP contribution in [-0.4, -0.2) is 37.9 Å². The molecule has 2 aliphatic rings. The first-order chi connectivity index (χ1) is 12.6. The molecule has 1 aliphatic carbocycles. The van der Waals surface area contributed by atoms with Crippen LogP contribution in [0.4, 0.5) is 5.69 Å². The molecule has 142 valence electrons. The molecule has 2 N–H and O–H groups in total. The zero-order chi connectivity index (χ0) is 18.4. The molecule has 0 radical (unpaired) electrons. The van der Waals surface area contributed by atoms with Crippen LogP contribution in [0, 0.1) is 0 Å². The highest BCUT2D eigenvalue weighted by Gasteiger charge is 2.42. The molecule has 1 aromatic carbocycles. The molecule has 26 heavy (non-hydrogen) atoms. The molecule has 0 bridgehead atoms. The summed E-state index contributed by atoms with van der Waals surface area (Å²) in [5.41, 5.74) is 0.514. The first-order valence-electron chi connectivity index (χ1n) is 9.22. The lowest BCUT2D eigenvalue weighted by molar-refractivity contribution is -0.136. The number of fused-ring (bicyclic) bond motifs is 1.